The molecule has 0 atom stereocenters. The van der Waals surface area contributed by atoms with Crippen molar-refractivity contribution in [3.63, 3.8) is 0 Å². The fourth-order valence-corrected chi connectivity index (χ4v) is 4.73. The van der Waals surface area contributed by atoms with E-state index in [1.807, 2.05) is 12.1 Å². The van der Waals surface area contributed by atoms with Crippen LogP contribution in [-0.4, -0.2) is 33.5 Å². The minimum atomic E-state index is -1.66. The molecule has 2 aromatic carbocycles. The van der Waals surface area contributed by atoms with Gasteiger partial charge in [-0.3, -0.25) is 14.9 Å². The molecule has 1 heterocycles. The molecule has 13 heteroatoms. The summed E-state index contributed by atoms with van der Waals surface area (Å²) in [7, 11) is 0. The molecule has 0 saturated heterocycles. The van der Waals surface area contributed by atoms with Crippen LogP contribution in [-0.2, 0) is 15.3 Å². The Hall–Kier alpha value is -2.28. The summed E-state index contributed by atoms with van der Waals surface area (Å²) in [6.45, 7) is 0. The Balaban J connectivity index is 1.41. The number of hydrogen-bond acceptors (Lipinski definition) is 7. The highest BCUT2D eigenvalue weighted by Crippen LogP contribution is 2.26. The smallest absolute Gasteiger partial charge is 0.236 e. The lowest BCUT2D eigenvalue weighted by Crippen LogP contribution is -2.15. The van der Waals surface area contributed by atoms with Gasteiger partial charge in [-0.2, -0.15) is 0 Å². The van der Waals surface area contributed by atoms with Crippen LogP contribution in [0.25, 0.3) is 0 Å². The first kappa shape index (κ1) is 24.4. The molecular weight excluding hydrogens is 505 g/mol. The van der Waals surface area contributed by atoms with Gasteiger partial charge in [-0.25, -0.2) is 13.2 Å². The zero-order valence-corrected chi connectivity index (χ0v) is 19.2. The second-order valence-corrected chi connectivity index (χ2v) is 9.72. The van der Waals surface area contributed by atoms with Crippen LogP contribution in [0.1, 0.15) is 5.56 Å². The molecule has 0 fully saturated rings. The van der Waals surface area contributed by atoms with E-state index in [1.165, 1.54) is 11.8 Å². The third kappa shape index (κ3) is 7.12. The summed E-state index contributed by atoms with van der Waals surface area (Å²) in [5, 5.41) is 13.4. The van der Waals surface area contributed by atoms with Crippen molar-refractivity contribution in [2.45, 2.75) is 10.1 Å². The maximum Gasteiger partial charge on any atom is 0.236 e. The Kier molecular flexibility index (Phi) is 8.79. The lowest BCUT2D eigenvalue weighted by Gasteiger charge is -2.06. The molecular formula is C19H14ClF3N4O2S3. The number of anilines is 2. The number of amides is 2. The van der Waals surface area contributed by atoms with Crippen molar-refractivity contribution in [2.75, 3.05) is 22.1 Å². The van der Waals surface area contributed by atoms with Gasteiger partial charge in [0.2, 0.25) is 16.9 Å². The number of nitrogens with zero attached hydrogens (tertiary/aromatic N) is 2. The summed E-state index contributed by atoms with van der Waals surface area (Å²) >= 11 is 9.33. The molecule has 0 unspecified atom stereocenters. The number of carbonyl (C=O) groups is 2. The van der Waals surface area contributed by atoms with Crippen LogP contribution in [0.15, 0.2) is 40.7 Å². The van der Waals surface area contributed by atoms with Crippen LogP contribution in [0.5, 0.6) is 0 Å². The number of nitrogens with one attached hydrogen (secondary N) is 2. The Bertz CT molecular complexity index is 1120. The maximum atomic E-state index is 13.6. The zero-order chi connectivity index (χ0) is 23.1. The number of benzene rings is 2. The molecule has 0 aliphatic rings. The van der Waals surface area contributed by atoms with Crippen LogP contribution in [0, 0.1) is 17.5 Å². The highest BCUT2D eigenvalue weighted by Gasteiger charge is 2.16. The van der Waals surface area contributed by atoms with E-state index in [-0.39, 0.29) is 22.5 Å². The number of rotatable bonds is 9. The molecule has 2 amide bonds. The average molecular weight is 519 g/mol. The highest BCUT2D eigenvalue weighted by atomic mass is 35.5. The summed E-state index contributed by atoms with van der Waals surface area (Å²) < 4.78 is 40.2. The summed E-state index contributed by atoms with van der Waals surface area (Å²) in [4.78, 5) is 24.0. The van der Waals surface area contributed by atoms with E-state index >= 15 is 0 Å². The van der Waals surface area contributed by atoms with Crippen LogP contribution >= 0.6 is 46.5 Å². The van der Waals surface area contributed by atoms with E-state index < -0.39 is 29.0 Å². The number of hydrogen-bond donors (Lipinski definition) is 2. The van der Waals surface area contributed by atoms with E-state index in [9.17, 15) is 22.8 Å². The minimum Gasteiger partial charge on any atom is -0.323 e. The van der Waals surface area contributed by atoms with Gasteiger partial charge in [0.15, 0.2) is 21.8 Å². The second kappa shape index (κ2) is 11.5. The van der Waals surface area contributed by atoms with Gasteiger partial charge in [-0.1, -0.05) is 46.8 Å². The second-order valence-electron chi connectivity index (χ2n) is 6.10. The molecule has 0 radical (unpaired) electrons. The van der Waals surface area contributed by atoms with Gasteiger partial charge >= 0.3 is 0 Å². The predicted octanol–water partition coefficient (Wildman–Crippen LogP) is 5.21. The Morgan fingerprint density at radius 3 is 2.41 bits per heavy atom. The van der Waals surface area contributed by atoms with Crippen LogP contribution in [0.4, 0.5) is 24.0 Å². The van der Waals surface area contributed by atoms with Crippen LogP contribution in [0.2, 0.25) is 5.02 Å². The first-order chi connectivity index (χ1) is 15.3. The third-order valence-electron chi connectivity index (χ3n) is 3.70. The van der Waals surface area contributed by atoms with Crippen molar-refractivity contribution in [3.05, 3.63) is 64.4 Å². The van der Waals surface area contributed by atoms with Gasteiger partial charge in [-0.05, 0) is 29.8 Å². The quantitative estimate of drug-likeness (QED) is 0.230. The number of aromatic nitrogens is 2. The molecule has 3 aromatic rings. The molecule has 168 valence electrons. The summed E-state index contributed by atoms with van der Waals surface area (Å²) in [5.41, 5.74) is 0.583. The van der Waals surface area contributed by atoms with E-state index in [2.05, 4.69) is 20.8 Å². The molecule has 6 nitrogen and oxygen atoms in total. The third-order valence-corrected chi connectivity index (χ3v) is 6.93. The first-order valence-corrected chi connectivity index (χ1v) is 12.2. The summed E-state index contributed by atoms with van der Waals surface area (Å²) in [6, 6.07) is 8.99. The van der Waals surface area contributed by atoms with Crippen molar-refractivity contribution >= 4 is 69.1 Å². The van der Waals surface area contributed by atoms with Gasteiger partial charge in [0.05, 0.1) is 17.2 Å². The van der Waals surface area contributed by atoms with Crippen molar-refractivity contribution in [1.29, 1.82) is 0 Å². The van der Waals surface area contributed by atoms with Gasteiger partial charge in [0, 0.05) is 10.8 Å². The zero-order valence-electron chi connectivity index (χ0n) is 16.0. The molecule has 0 saturated carbocycles. The van der Waals surface area contributed by atoms with Gasteiger partial charge < -0.3 is 5.32 Å². The lowest BCUT2D eigenvalue weighted by molar-refractivity contribution is -0.114. The standard InChI is InChI=1S/C19H14ClF3N4O2S3/c20-11-3-1-10(2-4-11)7-30-8-14(28)25-18-26-27-19(32-18)31-9-15(29)24-13-6-5-12(21)16(22)17(13)23/h1-6H,7-9H2,(H,24,29)(H,25,26,28). The number of carbonyl (C=O) groups excluding carboxylic acids is 2. The molecule has 3 rings (SSSR count). The van der Waals surface area contributed by atoms with E-state index in [0.29, 0.717) is 21.2 Å². The van der Waals surface area contributed by atoms with Crippen molar-refractivity contribution in [3.8, 4) is 0 Å². The SMILES string of the molecule is O=C(CSCc1ccc(Cl)cc1)Nc1nnc(SCC(=O)Nc2ccc(F)c(F)c2F)s1. The van der Waals surface area contributed by atoms with Crippen molar-refractivity contribution in [2.24, 2.45) is 0 Å². The fraction of sp³-hybridized carbons (Fsp3) is 0.158. The monoisotopic (exact) mass is 518 g/mol. The molecule has 0 spiro atoms. The van der Waals surface area contributed by atoms with Crippen molar-refractivity contribution < 1.29 is 22.8 Å². The molecule has 32 heavy (non-hydrogen) atoms. The maximum absolute atomic E-state index is 13.6. The first-order valence-electron chi connectivity index (χ1n) is 8.83. The summed E-state index contributed by atoms with van der Waals surface area (Å²) in [5.74, 6) is -4.67. The molecule has 0 aliphatic carbocycles. The van der Waals surface area contributed by atoms with Crippen LogP contribution in [0.3, 0.4) is 0 Å². The van der Waals surface area contributed by atoms with E-state index in [0.717, 1.165) is 34.7 Å². The van der Waals surface area contributed by atoms with Gasteiger partial charge in [-0.15, -0.1) is 22.0 Å². The minimum absolute atomic E-state index is 0.169. The number of halogens is 4. The van der Waals surface area contributed by atoms with Crippen LogP contribution < -0.4 is 10.6 Å². The van der Waals surface area contributed by atoms with E-state index in [1.54, 1.807) is 12.1 Å². The molecule has 0 aliphatic heterocycles. The van der Waals surface area contributed by atoms with E-state index in [4.69, 9.17) is 11.6 Å². The van der Waals surface area contributed by atoms with Crippen molar-refractivity contribution in [1.82, 2.24) is 10.2 Å². The van der Waals surface area contributed by atoms with Gasteiger partial charge in [0.1, 0.15) is 0 Å². The fourth-order valence-electron chi connectivity index (χ4n) is 2.25. The average Bonchev–Trinajstić information content (AvgIpc) is 3.21. The molecule has 1 aromatic heterocycles. The predicted molar refractivity (Wildman–Crippen MR) is 122 cm³/mol. The molecule has 2 N–H and O–H groups in total. The Morgan fingerprint density at radius 1 is 0.938 bits per heavy atom. The Morgan fingerprint density at radius 2 is 1.66 bits per heavy atom. The normalized spacial score (nSPS) is 10.8. The molecule has 0 bridgehead atoms. The highest BCUT2D eigenvalue weighted by molar-refractivity contribution is 8.01. The Labute approximate surface area is 198 Å². The number of thioether (sulfide) groups is 2. The summed E-state index contributed by atoms with van der Waals surface area (Å²) in [6.07, 6.45) is 0. The topological polar surface area (TPSA) is 84.0 Å². The lowest BCUT2D eigenvalue weighted by atomic mass is 10.2. The largest absolute Gasteiger partial charge is 0.323 e. The van der Waals surface area contributed by atoms with Gasteiger partial charge in [0.25, 0.3) is 0 Å².